The van der Waals surface area contributed by atoms with E-state index < -0.39 is 0 Å². The fourth-order valence-electron chi connectivity index (χ4n) is 2.34. The summed E-state index contributed by atoms with van der Waals surface area (Å²) >= 11 is 5.17. The van der Waals surface area contributed by atoms with E-state index in [2.05, 4.69) is 45.0 Å². The molecular formula is C17H10BrNOS. The fourth-order valence-corrected chi connectivity index (χ4v) is 3.50. The van der Waals surface area contributed by atoms with Gasteiger partial charge in [-0.05, 0) is 47.4 Å². The summed E-state index contributed by atoms with van der Waals surface area (Å²) in [6.45, 7) is 4.12. The number of allylic oxidation sites excluding steroid dienone is 2. The van der Waals surface area contributed by atoms with Gasteiger partial charge in [0.2, 0.25) is 0 Å². The normalized spacial score (nSPS) is 13.8. The third-order valence-corrected chi connectivity index (χ3v) is 4.78. The number of nitrogens with zero attached hydrogens (tertiary/aromatic N) is 1. The predicted octanol–water partition coefficient (Wildman–Crippen LogP) is 5.51. The van der Waals surface area contributed by atoms with E-state index in [9.17, 15) is 0 Å². The summed E-state index contributed by atoms with van der Waals surface area (Å²) in [5.74, 6) is 1.55. The lowest BCUT2D eigenvalue weighted by Gasteiger charge is -2.19. The lowest BCUT2D eigenvalue weighted by molar-refractivity contribution is 0.507. The Kier molecular flexibility index (Phi) is 2.94. The van der Waals surface area contributed by atoms with Crippen LogP contribution in [0.4, 0.5) is 0 Å². The van der Waals surface area contributed by atoms with Gasteiger partial charge in [-0.25, -0.2) is 0 Å². The average Bonchev–Trinajstić information content (AvgIpc) is 2.95. The number of hydrogen-bond donors (Lipinski definition) is 0. The van der Waals surface area contributed by atoms with Crippen molar-refractivity contribution in [3.05, 3.63) is 70.3 Å². The van der Waals surface area contributed by atoms with E-state index in [4.69, 9.17) is 4.74 Å². The maximum atomic E-state index is 5.99. The van der Waals surface area contributed by atoms with E-state index >= 15 is 0 Å². The first-order valence-corrected chi connectivity index (χ1v) is 8.10. The summed E-state index contributed by atoms with van der Waals surface area (Å²) < 4.78 is 8.21. The summed E-state index contributed by atoms with van der Waals surface area (Å²) in [4.78, 5) is 4.49. The molecule has 0 saturated heterocycles. The molecule has 0 unspecified atom stereocenters. The molecule has 0 atom stereocenters. The van der Waals surface area contributed by atoms with Crippen molar-refractivity contribution in [2.24, 2.45) is 0 Å². The van der Waals surface area contributed by atoms with E-state index in [-0.39, 0.29) is 0 Å². The second-order valence-corrected chi connectivity index (χ2v) is 6.67. The van der Waals surface area contributed by atoms with Crippen LogP contribution in [0.5, 0.6) is 5.75 Å². The quantitative estimate of drug-likeness (QED) is 0.574. The van der Waals surface area contributed by atoms with Crippen molar-refractivity contribution in [1.82, 2.24) is 4.98 Å². The number of rotatable bonds is 1. The molecule has 3 aromatic rings. The maximum Gasteiger partial charge on any atom is 0.153 e. The smallest absolute Gasteiger partial charge is 0.153 e. The van der Waals surface area contributed by atoms with E-state index in [1.807, 2.05) is 30.5 Å². The van der Waals surface area contributed by atoms with Gasteiger partial charge >= 0.3 is 0 Å². The van der Waals surface area contributed by atoms with Crippen LogP contribution >= 0.6 is 27.3 Å². The highest BCUT2D eigenvalue weighted by Gasteiger charge is 2.18. The van der Waals surface area contributed by atoms with Crippen LogP contribution in [0.3, 0.4) is 0 Å². The van der Waals surface area contributed by atoms with Gasteiger partial charge in [-0.15, -0.1) is 11.3 Å². The Bertz CT molecular complexity index is 910. The van der Waals surface area contributed by atoms with Crippen LogP contribution in [0.25, 0.3) is 21.4 Å². The van der Waals surface area contributed by atoms with Crippen LogP contribution in [0.15, 0.2) is 59.0 Å². The van der Waals surface area contributed by atoms with Crippen LogP contribution in [-0.4, -0.2) is 4.98 Å². The van der Waals surface area contributed by atoms with Gasteiger partial charge in [-0.2, -0.15) is 0 Å². The lowest BCUT2D eigenvalue weighted by Crippen LogP contribution is -2.04. The first kappa shape index (κ1) is 12.8. The predicted molar refractivity (Wildman–Crippen MR) is 91.4 cm³/mol. The van der Waals surface area contributed by atoms with Gasteiger partial charge in [-0.1, -0.05) is 22.5 Å². The molecular weight excluding hydrogens is 346 g/mol. The number of hydrogen-bond acceptors (Lipinski definition) is 3. The van der Waals surface area contributed by atoms with Crippen molar-refractivity contribution in [2.75, 3.05) is 0 Å². The first-order chi connectivity index (χ1) is 10.2. The minimum atomic E-state index is 0.741. The molecule has 4 rings (SSSR count). The minimum absolute atomic E-state index is 0.741. The van der Waals surface area contributed by atoms with Crippen molar-refractivity contribution in [1.29, 1.82) is 0 Å². The Morgan fingerprint density at radius 2 is 2.10 bits per heavy atom. The van der Waals surface area contributed by atoms with Crippen molar-refractivity contribution in [2.45, 2.75) is 0 Å². The molecule has 0 spiro atoms. The van der Waals surface area contributed by atoms with Gasteiger partial charge in [0.25, 0.3) is 0 Å². The summed E-state index contributed by atoms with van der Waals surface area (Å²) in [6, 6.07) is 10.1. The van der Waals surface area contributed by atoms with Crippen molar-refractivity contribution in [3.63, 3.8) is 0 Å². The molecule has 2 aromatic heterocycles. The summed E-state index contributed by atoms with van der Waals surface area (Å²) in [6.07, 6.45) is 3.82. The van der Waals surface area contributed by atoms with E-state index in [1.165, 1.54) is 4.70 Å². The highest BCUT2D eigenvalue weighted by atomic mass is 79.9. The molecule has 3 heterocycles. The Labute approximate surface area is 134 Å². The standard InChI is InChI=1S/C17H10BrNOS/c1-10-6-16(20-15-3-2-12(18)7-13(10)15)14-8-17-11(9-19-14)4-5-21-17/h2-9H,1H2. The Morgan fingerprint density at radius 1 is 1.19 bits per heavy atom. The second-order valence-electron chi connectivity index (χ2n) is 4.80. The van der Waals surface area contributed by atoms with Crippen LogP contribution in [-0.2, 0) is 0 Å². The average molecular weight is 356 g/mol. The number of halogens is 1. The van der Waals surface area contributed by atoms with Gasteiger partial charge in [-0.3, -0.25) is 4.98 Å². The molecule has 2 nitrogen and oxygen atoms in total. The molecule has 0 aliphatic carbocycles. The second kappa shape index (κ2) is 4.83. The van der Waals surface area contributed by atoms with Crippen LogP contribution in [0.2, 0.25) is 0 Å². The Morgan fingerprint density at radius 3 is 3.00 bits per heavy atom. The molecule has 0 fully saturated rings. The van der Waals surface area contributed by atoms with Crippen molar-refractivity contribution in [3.8, 4) is 5.75 Å². The molecule has 1 aliphatic rings. The third kappa shape index (κ3) is 2.20. The SMILES string of the molecule is C=C1C=C(c2cc3sccc3cn2)Oc2ccc(Br)cc21. The molecule has 0 saturated carbocycles. The third-order valence-electron chi connectivity index (χ3n) is 3.40. The molecule has 0 radical (unpaired) electrons. The number of pyridine rings is 1. The number of benzene rings is 1. The lowest BCUT2D eigenvalue weighted by atomic mass is 10.0. The van der Waals surface area contributed by atoms with Gasteiger partial charge < -0.3 is 4.74 Å². The van der Waals surface area contributed by atoms with E-state index in [0.717, 1.165) is 38.2 Å². The van der Waals surface area contributed by atoms with Crippen molar-refractivity contribution >= 4 is 48.7 Å². The Hall–Kier alpha value is -1.91. The molecule has 102 valence electrons. The monoisotopic (exact) mass is 355 g/mol. The number of aromatic nitrogens is 1. The number of fused-ring (bicyclic) bond motifs is 2. The largest absolute Gasteiger partial charge is 0.454 e. The van der Waals surface area contributed by atoms with E-state index in [0.29, 0.717) is 0 Å². The highest BCUT2D eigenvalue weighted by molar-refractivity contribution is 9.10. The molecule has 21 heavy (non-hydrogen) atoms. The summed E-state index contributed by atoms with van der Waals surface area (Å²) in [7, 11) is 0. The van der Waals surface area contributed by atoms with Gasteiger partial charge in [0.1, 0.15) is 11.4 Å². The molecule has 1 aliphatic heterocycles. The molecule has 0 bridgehead atoms. The topological polar surface area (TPSA) is 22.1 Å². The zero-order chi connectivity index (χ0) is 14.4. The molecule has 0 N–H and O–H groups in total. The number of ether oxygens (including phenoxy) is 1. The van der Waals surface area contributed by atoms with E-state index in [1.54, 1.807) is 11.3 Å². The minimum Gasteiger partial charge on any atom is -0.454 e. The van der Waals surface area contributed by atoms with Gasteiger partial charge in [0, 0.05) is 26.3 Å². The fraction of sp³-hybridized carbons (Fsp3) is 0. The Balaban J connectivity index is 1.80. The molecule has 4 heteroatoms. The van der Waals surface area contributed by atoms with Gasteiger partial charge in [0.05, 0.1) is 0 Å². The van der Waals surface area contributed by atoms with Crippen LogP contribution in [0.1, 0.15) is 11.3 Å². The molecule has 0 amide bonds. The van der Waals surface area contributed by atoms with Crippen molar-refractivity contribution < 1.29 is 4.74 Å². The zero-order valence-corrected chi connectivity index (χ0v) is 13.4. The van der Waals surface area contributed by atoms with Crippen LogP contribution in [0, 0.1) is 0 Å². The molecule has 1 aromatic carbocycles. The van der Waals surface area contributed by atoms with Crippen LogP contribution < -0.4 is 4.74 Å². The van der Waals surface area contributed by atoms with Gasteiger partial charge in [0.15, 0.2) is 5.76 Å². The first-order valence-electron chi connectivity index (χ1n) is 6.43. The highest BCUT2D eigenvalue weighted by Crippen LogP contribution is 2.37. The summed E-state index contributed by atoms with van der Waals surface area (Å²) in [5, 5.41) is 3.22. The maximum absolute atomic E-state index is 5.99. The zero-order valence-electron chi connectivity index (χ0n) is 11.0. The summed E-state index contributed by atoms with van der Waals surface area (Å²) in [5.41, 5.74) is 2.77. The number of thiophene rings is 1.